The second kappa shape index (κ2) is 8.27. The lowest BCUT2D eigenvalue weighted by Gasteiger charge is -2.34. The maximum Gasteiger partial charge on any atom is 0.337 e. The van der Waals surface area contributed by atoms with Crippen molar-refractivity contribution in [1.82, 2.24) is 9.80 Å². The Hall–Kier alpha value is -2.90. The SMILES string of the molecule is COC(=O)c1ccc(N(CC(=O)N2CCN(C=O)CC2)C(C)=O)cc1. The number of carbonyl (C=O) groups excluding carboxylic acids is 4. The molecule has 0 atom stereocenters. The van der Waals surface area contributed by atoms with E-state index in [1.54, 1.807) is 34.1 Å². The van der Waals surface area contributed by atoms with Crippen LogP contribution >= 0.6 is 0 Å². The van der Waals surface area contributed by atoms with Crippen molar-refractivity contribution in [1.29, 1.82) is 0 Å². The third-order valence-corrected chi connectivity index (χ3v) is 4.09. The molecule has 0 bridgehead atoms. The molecule has 8 heteroatoms. The molecule has 3 amide bonds. The molecule has 2 rings (SSSR count). The number of hydrogen-bond acceptors (Lipinski definition) is 5. The summed E-state index contributed by atoms with van der Waals surface area (Å²) in [5.74, 6) is -0.923. The van der Waals surface area contributed by atoms with Gasteiger partial charge in [0.2, 0.25) is 18.2 Å². The minimum atomic E-state index is -0.468. The van der Waals surface area contributed by atoms with Gasteiger partial charge in [0.15, 0.2) is 0 Å². The summed E-state index contributed by atoms with van der Waals surface area (Å²) in [5, 5.41) is 0. The number of ether oxygens (including phenoxy) is 1. The fourth-order valence-electron chi connectivity index (χ4n) is 2.59. The first kappa shape index (κ1) is 18.4. The second-order valence-corrected chi connectivity index (χ2v) is 5.67. The number of hydrogen-bond donors (Lipinski definition) is 0. The number of rotatable bonds is 5. The zero-order valence-electron chi connectivity index (χ0n) is 14.3. The summed E-state index contributed by atoms with van der Waals surface area (Å²) in [6.07, 6.45) is 0.770. The summed E-state index contributed by atoms with van der Waals surface area (Å²) in [5.41, 5.74) is 0.895. The molecule has 1 saturated heterocycles. The number of anilines is 1. The lowest BCUT2D eigenvalue weighted by molar-refractivity contribution is -0.134. The van der Waals surface area contributed by atoms with Crippen LogP contribution in [0.4, 0.5) is 5.69 Å². The van der Waals surface area contributed by atoms with Gasteiger partial charge in [-0.15, -0.1) is 0 Å². The lowest BCUT2D eigenvalue weighted by Crippen LogP contribution is -2.51. The molecule has 0 spiro atoms. The summed E-state index contributed by atoms with van der Waals surface area (Å²) in [6.45, 7) is 3.17. The normalized spacial score (nSPS) is 14.0. The average molecular weight is 347 g/mol. The van der Waals surface area contributed by atoms with Crippen molar-refractivity contribution in [3.05, 3.63) is 29.8 Å². The molecule has 1 aromatic rings. The number of benzene rings is 1. The van der Waals surface area contributed by atoms with Crippen molar-refractivity contribution in [3.8, 4) is 0 Å². The Morgan fingerprint density at radius 2 is 1.72 bits per heavy atom. The van der Waals surface area contributed by atoms with Gasteiger partial charge in [0.1, 0.15) is 6.54 Å². The molecule has 1 heterocycles. The van der Waals surface area contributed by atoms with Gasteiger partial charge < -0.3 is 19.4 Å². The van der Waals surface area contributed by atoms with E-state index in [-0.39, 0.29) is 18.4 Å². The molecule has 25 heavy (non-hydrogen) atoms. The molecule has 8 nitrogen and oxygen atoms in total. The molecule has 1 aromatic carbocycles. The number of esters is 1. The number of methoxy groups -OCH3 is 1. The fraction of sp³-hybridized carbons (Fsp3) is 0.412. The molecule has 0 unspecified atom stereocenters. The minimum Gasteiger partial charge on any atom is -0.465 e. The van der Waals surface area contributed by atoms with Gasteiger partial charge in [-0.1, -0.05) is 0 Å². The number of nitrogens with zero attached hydrogens (tertiary/aromatic N) is 3. The van der Waals surface area contributed by atoms with Crippen LogP contribution in [0, 0.1) is 0 Å². The largest absolute Gasteiger partial charge is 0.465 e. The number of amides is 3. The second-order valence-electron chi connectivity index (χ2n) is 5.67. The van der Waals surface area contributed by atoms with Gasteiger partial charge in [-0.05, 0) is 24.3 Å². The molecule has 134 valence electrons. The maximum absolute atomic E-state index is 12.5. The molecule has 1 fully saturated rings. The van der Waals surface area contributed by atoms with Gasteiger partial charge in [0.05, 0.1) is 12.7 Å². The highest BCUT2D eigenvalue weighted by Gasteiger charge is 2.24. The molecule has 1 aliphatic rings. The predicted molar refractivity (Wildman–Crippen MR) is 90.0 cm³/mol. The summed E-state index contributed by atoms with van der Waals surface area (Å²) in [4.78, 5) is 51.2. The zero-order valence-corrected chi connectivity index (χ0v) is 14.3. The third-order valence-electron chi connectivity index (χ3n) is 4.09. The van der Waals surface area contributed by atoms with E-state index in [1.165, 1.54) is 18.9 Å². The highest BCUT2D eigenvalue weighted by molar-refractivity contribution is 5.98. The van der Waals surface area contributed by atoms with E-state index >= 15 is 0 Å². The van der Waals surface area contributed by atoms with Crippen LogP contribution in [0.15, 0.2) is 24.3 Å². The Morgan fingerprint density at radius 1 is 1.12 bits per heavy atom. The van der Waals surface area contributed by atoms with E-state index in [2.05, 4.69) is 4.74 Å². The highest BCUT2D eigenvalue weighted by Crippen LogP contribution is 2.17. The van der Waals surface area contributed by atoms with Crippen molar-refractivity contribution in [2.75, 3.05) is 44.7 Å². The van der Waals surface area contributed by atoms with Crippen LogP contribution < -0.4 is 4.90 Å². The van der Waals surface area contributed by atoms with Crippen LogP contribution in [0.3, 0.4) is 0 Å². The van der Waals surface area contributed by atoms with E-state index in [4.69, 9.17) is 0 Å². The van der Waals surface area contributed by atoms with Crippen molar-refractivity contribution in [3.63, 3.8) is 0 Å². The van der Waals surface area contributed by atoms with Crippen molar-refractivity contribution < 1.29 is 23.9 Å². The van der Waals surface area contributed by atoms with E-state index in [0.29, 0.717) is 37.4 Å². The molecular formula is C17H21N3O5. The topological polar surface area (TPSA) is 87.2 Å². The molecule has 1 aliphatic heterocycles. The van der Waals surface area contributed by atoms with Crippen molar-refractivity contribution >= 4 is 29.9 Å². The molecule has 0 radical (unpaired) electrons. The van der Waals surface area contributed by atoms with Crippen LogP contribution in [0.5, 0.6) is 0 Å². The first-order chi connectivity index (χ1) is 12.0. The Kier molecular flexibility index (Phi) is 6.10. The molecular weight excluding hydrogens is 326 g/mol. The Labute approximate surface area is 145 Å². The summed E-state index contributed by atoms with van der Waals surface area (Å²) < 4.78 is 4.64. The van der Waals surface area contributed by atoms with Crippen LogP contribution in [-0.2, 0) is 19.1 Å². The average Bonchev–Trinajstić information content (AvgIpc) is 2.65. The molecule has 0 aromatic heterocycles. The third kappa shape index (κ3) is 4.56. The van der Waals surface area contributed by atoms with Gasteiger partial charge in [-0.25, -0.2) is 4.79 Å². The monoisotopic (exact) mass is 347 g/mol. The van der Waals surface area contributed by atoms with Crippen LogP contribution in [0.2, 0.25) is 0 Å². The van der Waals surface area contributed by atoms with Crippen molar-refractivity contribution in [2.45, 2.75) is 6.92 Å². The number of carbonyl (C=O) groups is 4. The smallest absolute Gasteiger partial charge is 0.337 e. The summed E-state index contributed by atoms with van der Waals surface area (Å²) >= 11 is 0. The zero-order chi connectivity index (χ0) is 18.4. The van der Waals surface area contributed by atoms with Crippen LogP contribution in [0.1, 0.15) is 17.3 Å². The molecule has 0 saturated carbocycles. The van der Waals surface area contributed by atoms with Crippen LogP contribution in [0.25, 0.3) is 0 Å². The van der Waals surface area contributed by atoms with E-state index in [9.17, 15) is 19.2 Å². The summed E-state index contributed by atoms with van der Waals surface area (Å²) in [7, 11) is 1.29. The first-order valence-corrected chi connectivity index (χ1v) is 7.90. The molecule has 0 N–H and O–H groups in total. The van der Waals surface area contributed by atoms with E-state index in [0.717, 1.165) is 6.41 Å². The maximum atomic E-state index is 12.5. The van der Waals surface area contributed by atoms with Crippen molar-refractivity contribution in [2.24, 2.45) is 0 Å². The van der Waals surface area contributed by atoms with Crippen LogP contribution in [-0.4, -0.2) is 73.8 Å². The van der Waals surface area contributed by atoms with Gasteiger partial charge >= 0.3 is 5.97 Å². The van der Waals surface area contributed by atoms with Gasteiger partial charge in [-0.3, -0.25) is 14.4 Å². The molecule has 0 aliphatic carbocycles. The van der Waals surface area contributed by atoms with Gasteiger partial charge in [0.25, 0.3) is 0 Å². The quantitative estimate of drug-likeness (QED) is 0.558. The fourth-order valence-corrected chi connectivity index (χ4v) is 2.59. The number of piperazine rings is 1. The Bertz CT molecular complexity index is 651. The predicted octanol–water partition coefficient (Wildman–Crippen LogP) is 0.127. The summed E-state index contributed by atoms with van der Waals surface area (Å²) in [6, 6.07) is 6.30. The Balaban J connectivity index is 2.05. The standard InChI is InChI=1S/C17H21N3O5/c1-13(22)20(15-5-3-14(4-6-15)17(24)25-2)11-16(23)19-9-7-18(12-21)8-10-19/h3-6,12H,7-11H2,1-2H3. The minimum absolute atomic E-state index is 0.0893. The van der Waals surface area contributed by atoms with E-state index < -0.39 is 5.97 Å². The first-order valence-electron chi connectivity index (χ1n) is 7.90. The van der Waals surface area contributed by atoms with Gasteiger partial charge in [0, 0.05) is 38.8 Å². The van der Waals surface area contributed by atoms with E-state index in [1.807, 2.05) is 0 Å². The highest BCUT2D eigenvalue weighted by atomic mass is 16.5. The lowest BCUT2D eigenvalue weighted by atomic mass is 10.2. The van der Waals surface area contributed by atoms with Gasteiger partial charge in [-0.2, -0.15) is 0 Å². The Morgan fingerprint density at radius 3 is 2.20 bits per heavy atom.